The molecule has 5 aliphatic rings. The van der Waals surface area contributed by atoms with Crippen LogP contribution in [-0.4, -0.2) is 149 Å². The number of nitrogens with one attached hydrogen (secondary N) is 1. The number of benzene rings is 1. The lowest BCUT2D eigenvalue weighted by Crippen LogP contribution is -2.86. The summed E-state index contributed by atoms with van der Waals surface area (Å²) in [4.78, 5) is 72.4. The molecule has 77 heavy (non-hydrogen) atoms. The van der Waals surface area contributed by atoms with Crippen molar-refractivity contribution in [2.24, 2.45) is 16.7 Å². The zero-order chi connectivity index (χ0) is 57.5. The first-order chi connectivity index (χ1) is 35.8. The molecule has 0 spiro atoms. The van der Waals surface area contributed by atoms with Gasteiger partial charge in [0.2, 0.25) is 8.32 Å². The molecule has 2 N–H and O–H groups in total. The number of esters is 3. The van der Waals surface area contributed by atoms with Crippen molar-refractivity contribution >= 4 is 60.1 Å². The summed E-state index contributed by atoms with van der Waals surface area (Å²) >= 11 is 0. The Hall–Kier alpha value is -3.99. The van der Waals surface area contributed by atoms with E-state index in [4.69, 9.17) is 51.8 Å². The number of methoxy groups -OCH3 is 2. The number of ether oxygens (including phenoxy) is 10. The molecule has 432 valence electrons. The summed E-state index contributed by atoms with van der Waals surface area (Å²) in [6, 6.07) is 3.54. The molecule has 2 saturated carbocycles. The highest BCUT2D eigenvalue weighted by molar-refractivity contribution is 8.76. The Morgan fingerprint density at radius 2 is 1.58 bits per heavy atom. The summed E-state index contributed by atoms with van der Waals surface area (Å²) in [5.74, 6) is -2.59. The molecule has 2 heterocycles. The van der Waals surface area contributed by atoms with Crippen LogP contribution < -0.4 is 14.8 Å². The molecular formula is C56H85NO17S2Si. The fourth-order valence-corrected chi connectivity index (χ4v) is 20.0. The van der Waals surface area contributed by atoms with E-state index in [9.17, 15) is 19.5 Å². The Kier molecular flexibility index (Phi) is 19.1. The summed E-state index contributed by atoms with van der Waals surface area (Å²) in [6.45, 7) is 29.7. The quantitative estimate of drug-likeness (QED) is 0.0310. The van der Waals surface area contributed by atoms with Gasteiger partial charge < -0.3 is 62.2 Å². The van der Waals surface area contributed by atoms with Gasteiger partial charge in [-0.1, -0.05) is 95.6 Å². The number of fused-ring (bicyclic) bond motifs is 4. The van der Waals surface area contributed by atoms with E-state index in [0.717, 1.165) is 5.57 Å². The van der Waals surface area contributed by atoms with E-state index in [1.807, 2.05) is 27.0 Å². The van der Waals surface area contributed by atoms with Gasteiger partial charge in [-0.15, -0.1) is 0 Å². The highest BCUT2D eigenvalue weighted by Crippen LogP contribution is 2.69. The van der Waals surface area contributed by atoms with Crippen LogP contribution in [0.15, 0.2) is 41.0 Å². The molecule has 1 aromatic carbocycles. The number of alkyl carbamates (subject to hydrolysis) is 1. The summed E-state index contributed by atoms with van der Waals surface area (Å²) in [6.07, 6.45) is -6.47. The van der Waals surface area contributed by atoms with Gasteiger partial charge in [0.25, 0.3) is 0 Å². The SMILES string of the molecule is COc1ccc(OC)c(C(=O)O[C@H]2[C@@H]3[C@]4(OC(C)=O)CO[C@@H]4C[C@H]4O[C@@H]([C@H](OC(=O)OCCSSC)C5=C(C)[C@@H](OC(=O)[C@H](O[Si](C(C)C)(C(C)C)C(C)C)[C@H](C=C(C)C)NC(=O)OC(C)(C)C)C[C@]2(O)C5(C)C)[C@@]34C)c1. The average molecular weight is 1140 g/mol. The second kappa shape index (κ2) is 23.6. The molecule has 2 aliphatic heterocycles. The molecule has 0 aromatic heterocycles. The first kappa shape index (κ1) is 62.2. The number of carbonyl (C=O) groups is 5. The molecule has 3 aliphatic carbocycles. The first-order valence-electron chi connectivity index (χ1n) is 26.7. The van der Waals surface area contributed by atoms with E-state index in [2.05, 4.69) is 46.9 Å². The first-order valence-corrected chi connectivity index (χ1v) is 31.5. The minimum atomic E-state index is -3.01. The highest BCUT2D eigenvalue weighted by Gasteiger charge is 2.82. The maximum Gasteiger partial charge on any atom is 0.508 e. The molecule has 2 saturated heterocycles. The molecule has 21 heteroatoms. The maximum atomic E-state index is 15.8. The summed E-state index contributed by atoms with van der Waals surface area (Å²) in [5.41, 5.74) is -5.96. The second-order valence-electron chi connectivity index (χ2n) is 24.0. The van der Waals surface area contributed by atoms with Crippen molar-refractivity contribution in [2.75, 3.05) is 39.4 Å². The zero-order valence-electron chi connectivity index (χ0n) is 48.6. The van der Waals surface area contributed by atoms with Crippen LogP contribution in [-0.2, 0) is 51.9 Å². The van der Waals surface area contributed by atoms with Gasteiger partial charge >= 0.3 is 30.2 Å². The van der Waals surface area contributed by atoms with Gasteiger partial charge in [0.1, 0.15) is 59.3 Å². The van der Waals surface area contributed by atoms with Crippen LogP contribution >= 0.6 is 21.6 Å². The Morgan fingerprint density at radius 3 is 2.12 bits per heavy atom. The molecule has 18 nitrogen and oxygen atoms in total. The minimum Gasteiger partial charge on any atom is -0.497 e. The van der Waals surface area contributed by atoms with Gasteiger partial charge in [0.05, 0.1) is 38.9 Å². The predicted molar refractivity (Wildman–Crippen MR) is 294 cm³/mol. The lowest BCUT2D eigenvalue weighted by molar-refractivity contribution is -0.416. The third kappa shape index (κ3) is 11.7. The minimum absolute atomic E-state index is 0.0195. The predicted octanol–water partition coefficient (Wildman–Crippen LogP) is 10.1. The summed E-state index contributed by atoms with van der Waals surface area (Å²) in [7, 11) is 2.87. The number of hydrogen-bond donors (Lipinski definition) is 2. The summed E-state index contributed by atoms with van der Waals surface area (Å²) < 4.78 is 69.6. The van der Waals surface area contributed by atoms with Gasteiger partial charge in [-0.2, -0.15) is 0 Å². The van der Waals surface area contributed by atoms with Crippen molar-refractivity contribution in [3.63, 3.8) is 0 Å². The molecule has 0 unspecified atom stereocenters. The molecule has 6 rings (SSSR count). The zero-order valence-corrected chi connectivity index (χ0v) is 51.2. The smallest absolute Gasteiger partial charge is 0.497 e. The van der Waals surface area contributed by atoms with Crippen molar-refractivity contribution in [2.45, 2.75) is 206 Å². The molecule has 1 aromatic rings. The van der Waals surface area contributed by atoms with E-state index in [-0.39, 0.29) is 47.6 Å². The van der Waals surface area contributed by atoms with Gasteiger partial charge in [-0.3, -0.25) is 4.79 Å². The maximum absolute atomic E-state index is 15.8. The summed E-state index contributed by atoms with van der Waals surface area (Å²) in [5, 5.41) is 17.4. The van der Waals surface area contributed by atoms with E-state index in [1.165, 1.54) is 48.8 Å². The molecule has 0 radical (unpaired) electrons. The van der Waals surface area contributed by atoms with Crippen LogP contribution in [0, 0.1) is 16.7 Å². The van der Waals surface area contributed by atoms with Crippen LogP contribution in [0.25, 0.3) is 0 Å². The molecule has 2 bridgehead atoms. The van der Waals surface area contributed by atoms with Crippen molar-refractivity contribution < 1.29 is 80.9 Å². The van der Waals surface area contributed by atoms with Gasteiger partial charge in [-0.25, -0.2) is 19.2 Å². The van der Waals surface area contributed by atoms with Gasteiger partial charge in [-0.05, 0) is 93.8 Å². The monoisotopic (exact) mass is 1140 g/mol. The Morgan fingerprint density at radius 1 is 0.935 bits per heavy atom. The van der Waals surface area contributed by atoms with E-state index >= 15 is 9.59 Å². The topological polar surface area (TPSA) is 219 Å². The van der Waals surface area contributed by atoms with Crippen LogP contribution in [0.2, 0.25) is 16.6 Å². The standard InChI is InChI=1S/C56H85NO17S2Si/c1-29(2)24-37(57-50(61)73-52(11,12)13)43(74-77(30(3)4,31(5)6)32(7)8)49(60)68-39-27-56(63)47(71-48(59)36-25-35(64-17)20-21-38(36)65-18)45-54(16)40(26-41-55(45,28-67-41)72-34(10)58)69-46(54)44(42(33(39)9)53(56,14)15)70-51(62)66-22-23-76-75-19/h20-21,24-25,30-32,37,39-41,43-47,63H,22-23,26-28H2,1-19H3,(H,57,61)/t37-,39-,40+,41+,43+,44+,45-,46-,47-,54+,55-,56+/m0/s1. The van der Waals surface area contributed by atoms with Crippen molar-refractivity contribution in [3.05, 3.63) is 46.6 Å². The fourth-order valence-electron chi connectivity index (χ4n) is 13.4. The molecule has 4 fully saturated rings. The number of aliphatic hydroxyl groups is 1. The number of hydrogen-bond acceptors (Lipinski definition) is 19. The van der Waals surface area contributed by atoms with Gasteiger partial charge in [0, 0.05) is 36.3 Å². The van der Waals surface area contributed by atoms with Crippen molar-refractivity contribution in [3.8, 4) is 11.5 Å². The molecular weight excluding hydrogens is 1050 g/mol. The largest absolute Gasteiger partial charge is 0.508 e. The van der Waals surface area contributed by atoms with Crippen LogP contribution in [0.4, 0.5) is 9.59 Å². The second-order valence-corrected chi connectivity index (χ2v) is 32.1. The van der Waals surface area contributed by atoms with E-state index in [0.29, 0.717) is 22.6 Å². The normalized spacial score (nSPS) is 29.9. The van der Waals surface area contributed by atoms with Crippen LogP contribution in [0.3, 0.4) is 0 Å². The van der Waals surface area contributed by atoms with Crippen LogP contribution in [0.1, 0.15) is 134 Å². The Balaban J connectivity index is 1.63. The lowest BCUT2D eigenvalue weighted by atomic mass is 9.42. The van der Waals surface area contributed by atoms with Crippen LogP contribution in [0.5, 0.6) is 11.5 Å². The third-order valence-corrected chi connectivity index (χ3v) is 24.6. The number of carbonyl (C=O) groups excluding carboxylic acids is 5. The Labute approximate surface area is 464 Å². The van der Waals surface area contributed by atoms with Gasteiger partial charge in [0.15, 0.2) is 17.8 Å². The average Bonchev–Trinajstić information content (AvgIpc) is 3.37. The van der Waals surface area contributed by atoms with Crippen molar-refractivity contribution in [1.82, 2.24) is 5.32 Å². The number of allylic oxidation sites excluding steroid dienone is 1. The third-order valence-electron chi connectivity index (χ3n) is 16.8. The highest BCUT2D eigenvalue weighted by atomic mass is 33.1. The fraction of sp³-hybridized carbons (Fsp3) is 0.732. The Bertz CT molecular complexity index is 2410. The van der Waals surface area contributed by atoms with Crippen molar-refractivity contribution in [1.29, 1.82) is 0 Å². The molecule has 12 atom stereocenters. The van der Waals surface area contributed by atoms with E-state index < -0.39 is 127 Å². The van der Waals surface area contributed by atoms with E-state index in [1.54, 1.807) is 59.8 Å². The molecule has 1 amide bonds. The number of rotatable bonds is 20. The lowest BCUT2D eigenvalue weighted by Gasteiger charge is -2.74. The number of amides is 1.